The number of aromatic nitrogens is 3. The number of halogens is 3. The van der Waals surface area contributed by atoms with Crippen molar-refractivity contribution < 1.29 is 32.3 Å². The van der Waals surface area contributed by atoms with Gasteiger partial charge in [0.1, 0.15) is 5.75 Å². The maximum Gasteiger partial charge on any atom is 0.573 e. The minimum atomic E-state index is -4.79. The smallest absolute Gasteiger partial charge is 0.478 e. The molecule has 0 spiro atoms. The molecule has 8 nitrogen and oxygen atoms in total. The van der Waals surface area contributed by atoms with E-state index < -0.39 is 12.3 Å². The van der Waals surface area contributed by atoms with Crippen molar-refractivity contribution in [2.45, 2.75) is 12.9 Å². The summed E-state index contributed by atoms with van der Waals surface area (Å²) in [5.41, 5.74) is 2.03. The molecule has 0 bridgehead atoms. The van der Waals surface area contributed by atoms with Gasteiger partial charge in [-0.25, -0.2) is 4.79 Å². The Labute approximate surface area is 195 Å². The molecule has 11 heteroatoms. The summed E-state index contributed by atoms with van der Waals surface area (Å²) >= 11 is 0. The summed E-state index contributed by atoms with van der Waals surface area (Å²) in [7, 11) is 0. The Hall–Kier alpha value is -4.67. The van der Waals surface area contributed by atoms with Crippen LogP contribution in [0.2, 0.25) is 0 Å². The summed E-state index contributed by atoms with van der Waals surface area (Å²) in [6.45, 7) is 0.211. The number of pyridine rings is 1. The molecule has 0 aliphatic carbocycles. The summed E-state index contributed by atoms with van der Waals surface area (Å²) in [5, 5.41) is 12.6. The van der Waals surface area contributed by atoms with Crippen molar-refractivity contribution >= 4 is 12.0 Å². The number of carbonyl (C=O) groups is 1. The molecule has 0 fully saturated rings. The number of aliphatic carboxylic acids is 1. The predicted octanol–water partition coefficient (Wildman–Crippen LogP) is 4.61. The third kappa shape index (κ3) is 6.22. The molecule has 0 aliphatic rings. The molecule has 0 saturated carbocycles. The highest BCUT2D eigenvalue weighted by Crippen LogP contribution is 2.26. The van der Waals surface area contributed by atoms with Crippen LogP contribution in [0.15, 0.2) is 82.3 Å². The molecule has 178 valence electrons. The van der Waals surface area contributed by atoms with Gasteiger partial charge >= 0.3 is 12.3 Å². The Morgan fingerprint density at radius 2 is 1.83 bits per heavy atom. The number of nitrogens with zero attached hydrogens (tertiary/aromatic N) is 3. The van der Waals surface area contributed by atoms with Crippen molar-refractivity contribution in [2.24, 2.45) is 0 Å². The van der Waals surface area contributed by atoms with E-state index in [0.29, 0.717) is 16.7 Å². The monoisotopic (exact) mass is 483 g/mol. The maximum absolute atomic E-state index is 12.4. The van der Waals surface area contributed by atoms with Crippen LogP contribution in [0, 0.1) is 0 Å². The lowest BCUT2D eigenvalue weighted by molar-refractivity contribution is -0.274. The molecule has 2 heterocycles. The first kappa shape index (κ1) is 23.5. The quantitative estimate of drug-likeness (QED) is 0.383. The summed E-state index contributed by atoms with van der Waals surface area (Å²) in [4.78, 5) is 27.4. The number of carboxylic acids is 1. The van der Waals surface area contributed by atoms with Gasteiger partial charge in [-0.3, -0.25) is 4.79 Å². The Balaban J connectivity index is 1.54. The first-order valence-corrected chi connectivity index (χ1v) is 10.1. The Morgan fingerprint density at radius 3 is 2.54 bits per heavy atom. The number of carboxylic acid groups (broad SMARTS) is 1. The average molecular weight is 483 g/mol. The summed E-state index contributed by atoms with van der Waals surface area (Å²) in [6, 6.07) is 14.9. The minimum absolute atomic E-state index is 0.113. The number of hydrogen-bond donors (Lipinski definition) is 1. The van der Waals surface area contributed by atoms with Crippen LogP contribution in [0.1, 0.15) is 11.1 Å². The summed E-state index contributed by atoms with van der Waals surface area (Å²) in [5.74, 6) is -1.18. The molecule has 0 radical (unpaired) electrons. The zero-order chi connectivity index (χ0) is 25.0. The highest BCUT2D eigenvalue weighted by Gasteiger charge is 2.31. The van der Waals surface area contributed by atoms with E-state index in [1.807, 2.05) is 0 Å². The van der Waals surface area contributed by atoms with Crippen molar-refractivity contribution in [3.63, 3.8) is 0 Å². The van der Waals surface area contributed by atoms with Crippen LogP contribution in [0.5, 0.6) is 5.75 Å². The largest absolute Gasteiger partial charge is 0.573 e. The molecule has 0 amide bonds. The predicted molar refractivity (Wildman–Crippen MR) is 118 cm³/mol. The topological polar surface area (TPSA) is 107 Å². The molecule has 4 rings (SSSR count). The second-order valence-electron chi connectivity index (χ2n) is 7.30. The number of hydrogen-bond acceptors (Lipinski definition) is 6. The lowest BCUT2D eigenvalue weighted by atomic mass is 10.1. The van der Waals surface area contributed by atoms with E-state index in [1.165, 1.54) is 34.9 Å². The molecule has 2 aromatic carbocycles. The molecular formula is C24H16F3N3O5. The van der Waals surface area contributed by atoms with Crippen molar-refractivity contribution in [3.05, 3.63) is 94.4 Å². The number of benzene rings is 2. The van der Waals surface area contributed by atoms with E-state index in [4.69, 9.17) is 9.63 Å². The second-order valence-corrected chi connectivity index (χ2v) is 7.30. The van der Waals surface area contributed by atoms with E-state index in [1.54, 1.807) is 30.5 Å². The first-order valence-electron chi connectivity index (χ1n) is 10.1. The van der Waals surface area contributed by atoms with Gasteiger partial charge in [0.05, 0.1) is 12.1 Å². The highest BCUT2D eigenvalue weighted by molar-refractivity contribution is 5.85. The first-order chi connectivity index (χ1) is 16.7. The Morgan fingerprint density at radius 1 is 1.09 bits per heavy atom. The highest BCUT2D eigenvalue weighted by atomic mass is 19.4. The molecule has 0 saturated heterocycles. The van der Waals surface area contributed by atoms with Crippen LogP contribution in [-0.2, 0) is 11.3 Å². The van der Waals surface area contributed by atoms with Crippen LogP contribution in [0.25, 0.3) is 28.9 Å². The zero-order valence-electron chi connectivity index (χ0n) is 17.8. The molecule has 0 unspecified atom stereocenters. The molecule has 1 N–H and O–H groups in total. The van der Waals surface area contributed by atoms with Crippen LogP contribution < -0.4 is 10.3 Å². The van der Waals surface area contributed by atoms with Gasteiger partial charge in [0, 0.05) is 23.9 Å². The SMILES string of the molecule is O=C(O)C=Cc1cccc(Cn2cc(-c3nc(-c4ccc(OC(F)(F)F)cc4)no3)ccc2=O)c1. The molecular weight excluding hydrogens is 467 g/mol. The van der Waals surface area contributed by atoms with E-state index in [9.17, 15) is 22.8 Å². The van der Waals surface area contributed by atoms with E-state index in [-0.39, 0.29) is 29.6 Å². The normalized spacial score (nSPS) is 11.6. The molecule has 0 aliphatic heterocycles. The fraction of sp³-hybridized carbons (Fsp3) is 0.0833. The lowest BCUT2D eigenvalue weighted by Gasteiger charge is -2.08. The molecule has 4 aromatic rings. The molecule has 2 aromatic heterocycles. The summed E-state index contributed by atoms with van der Waals surface area (Å²) in [6.07, 6.45) is -0.775. The molecule has 35 heavy (non-hydrogen) atoms. The third-order valence-electron chi connectivity index (χ3n) is 4.72. The van der Waals surface area contributed by atoms with Gasteiger partial charge in [-0.1, -0.05) is 23.4 Å². The van der Waals surface area contributed by atoms with Crippen LogP contribution in [0.4, 0.5) is 13.2 Å². The van der Waals surface area contributed by atoms with Crippen molar-refractivity contribution in [1.29, 1.82) is 0 Å². The minimum Gasteiger partial charge on any atom is -0.478 e. The van der Waals surface area contributed by atoms with Crippen molar-refractivity contribution in [3.8, 4) is 28.6 Å². The fourth-order valence-electron chi connectivity index (χ4n) is 3.20. The number of alkyl halides is 3. The number of ether oxygens (including phenoxy) is 1. The Bertz CT molecular complexity index is 1440. The van der Waals surface area contributed by atoms with E-state index in [0.717, 1.165) is 23.8 Å². The third-order valence-corrected chi connectivity index (χ3v) is 4.72. The van der Waals surface area contributed by atoms with Gasteiger partial charge in [0.25, 0.3) is 11.4 Å². The maximum atomic E-state index is 12.4. The summed E-state index contributed by atoms with van der Waals surface area (Å²) < 4.78 is 47.5. The van der Waals surface area contributed by atoms with Gasteiger partial charge in [0.15, 0.2) is 0 Å². The van der Waals surface area contributed by atoms with E-state index >= 15 is 0 Å². The fourth-order valence-corrected chi connectivity index (χ4v) is 3.20. The van der Waals surface area contributed by atoms with Crippen LogP contribution >= 0.6 is 0 Å². The standard InChI is InChI=1S/C24H16F3N3O5/c25-24(26,27)34-19-8-5-17(6-9-19)22-28-23(35-29-22)18-7-10-20(31)30(14-18)13-16-3-1-2-15(12-16)4-11-21(32)33/h1-12,14H,13H2,(H,32,33). The van der Waals surface area contributed by atoms with Crippen LogP contribution in [0.3, 0.4) is 0 Å². The van der Waals surface area contributed by atoms with Gasteiger partial charge < -0.3 is 18.9 Å². The van der Waals surface area contributed by atoms with Gasteiger partial charge in [-0.05, 0) is 53.6 Å². The lowest BCUT2D eigenvalue weighted by Crippen LogP contribution is -2.19. The van der Waals surface area contributed by atoms with Gasteiger partial charge in [0.2, 0.25) is 5.82 Å². The van der Waals surface area contributed by atoms with E-state index in [2.05, 4.69) is 14.9 Å². The average Bonchev–Trinajstić information content (AvgIpc) is 3.29. The molecule has 0 atom stereocenters. The van der Waals surface area contributed by atoms with Crippen LogP contribution in [-0.4, -0.2) is 32.1 Å². The van der Waals surface area contributed by atoms with Crippen molar-refractivity contribution in [2.75, 3.05) is 0 Å². The number of rotatable bonds is 7. The van der Waals surface area contributed by atoms with Gasteiger partial charge in [-0.2, -0.15) is 4.98 Å². The van der Waals surface area contributed by atoms with Gasteiger partial charge in [-0.15, -0.1) is 13.2 Å². The second kappa shape index (κ2) is 9.67. The zero-order valence-corrected chi connectivity index (χ0v) is 17.8. The Kier molecular flexibility index (Phi) is 6.49. The van der Waals surface area contributed by atoms with Crippen molar-refractivity contribution in [1.82, 2.24) is 14.7 Å².